The van der Waals surface area contributed by atoms with Crippen LogP contribution < -0.4 is 9.62 Å². The van der Waals surface area contributed by atoms with Crippen molar-refractivity contribution in [1.82, 2.24) is 4.72 Å². The van der Waals surface area contributed by atoms with Gasteiger partial charge in [-0.3, -0.25) is 4.79 Å². The van der Waals surface area contributed by atoms with Gasteiger partial charge >= 0.3 is 0 Å². The first-order chi connectivity index (χ1) is 16.6. The lowest BCUT2D eigenvalue weighted by atomic mass is 10.0. The third-order valence-corrected chi connectivity index (χ3v) is 8.85. The number of benzene rings is 3. The van der Waals surface area contributed by atoms with E-state index in [-0.39, 0.29) is 21.6 Å². The number of amides is 1. The molecule has 1 heterocycles. The van der Waals surface area contributed by atoms with Gasteiger partial charge in [0.1, 0.15) is 6.04 Å². The average Bonchev–Trinajstić information content (AvgIpc) is 2.85. The SMILES string of the molecule is CS(=O)(=O)c1ccccc1-c1ccc(N2CCCC(NS(=O)(=O)c3ccc(CCl)cc3)C2=O)cc1. The van der Waals surface area contributed by atoms with E-state index in [1.807, 2.05) is 0 Å². The van der Waals surface area contributed by atoms with E-state index < -0.39 is 25.9 Å². The Kier molecular flexibility index (Phi) is 7.32. The van der Waals surface area contributed by atoms with Gasteiger partial charge in [0.05, 0.1) is 9.79 Å². The first kappa shape index (κ1) is 25.4. The lowest BCUT2D eigenvalue weighted by Crippen LogP contribution is -2.52. The monoisotopic (exact) mass is 532 g/mol. The maximum atomic E-state index is 13.2. The number of piperidine rings is 1. The van der Waals surface area contributed by atoms with Gasteiger partial charge in [-0.15, -0.1) is 11.6 Å². The highest BCUT2D eigenvalue weighted by atomic mass is 35.5. The molecule has 1 aliphatic heterocycles. The lowest BCUT2D eigenvalue weighted by molar-refractivity contribution is -0.121. The van der Waals surface area contributed by atoms with Gasteiger partial charge in [-0.05, 0) is 54.3 Å². The second-order valence-electron chi connectivity index (χ2n) is 8.40. The Morgan fingerprint density at radius 1 is 0.943 bits per heavy atom. The summed E-state index contributed by atoms with van der Waals surface area (Å²) in [5, 5.41) is 0. The quantitative estimate of drug-likeness (QED) is 0.464. The van der Waals surface area contributed by atoms with E-state index in [1.165, 1.54) is 18.4 Å². The minimum atomic E-state index is -3.88. The minimum absolute atomic E-state index is 0.0742. The molecule has 35 heavy (non-hydrogen) atoms. The summed E-state index contributed by atoms with van der Waals surface area (Å²) < 4.78 is 52.5. The molecular weight excluding hydrogens is 508 g/mol. The third kappa shape index (κ3) is 5.59. The molecule has 1 fully saturated rings. The number of alkyl halides is 1. The molecule has 7 nitrogen and oxygen atoms in total. The summed E-state index contributed by atoms with van der Waals surface area (Å²) in [6.07, 6.45) is 2.19. The molecule has 10 heteroatoms. The molecule has 1 aliphatic rings. The Labute approximate surface area is 210 Å². The van der Waals surface area contributed by atoms with E-state index in [1.54, 1.807) is 65.6 Å². The molecule has 0 aromatic heterocycles. The van der Waals surface area contributed by atoms with Crippen LogP contribution in [-0.2, 0) is 30.5 Å². The summed E-state index contributed by atoms with van der Waals surface area (Å²) >= 11 is 5.77. The molecule has 0 saturated carbocycles. The van der Waals surface area contributed by atoms with Gasteiger partial charge in [-0.25, -0.2) is 16.8 Å². The van der Waals surface area contributed by atoms with E-state index in [0.717, 1.165) is 5.56 Å². The van der Waals surface area contributed by atoms with Gasteiger partial charge in [0, 0.05) is 29.9 Å². The number of hydrogen-bond acceptors (Lipinski definition) is 5. The van der Waals surface area contributed by atoms with Crippen molar-refractivity contribution < 1.29 is 21.6 Å². The number of hydrogen-bond donors (Lipinski definition) is 1. The Balaban J connectivity index is 1.54. The number of anilines is 1. The van der Waals surface area contributed by atoms with Crippen molar-refractivity contribution in [3.63, 3.8) is 0 Å². The molecule has 0 aliphatic carbocycles. The third-order valence-electron chi connectivity index (χ3n) is 5.90. The fourth-order valence-electron chi connectivity index (χ4n) is 4.10. The van der Waals surface area contributed by atoms with Gasteiger partial charge in [0.25, 0.3) is 0 Å². The largest absolute Gasteiger partial charge is 0.311 e. The molecule has 1 amide bonds. The van der Waals surface area contributed by atoms with Crippen LogP contribution in [0.1, 0.15) is 18.4 Å². The Morgan fingerprint density at radius 3 is 2.23 bits per heavy atom. The normalized spacial score (nSPS) is 16.9. The van der Waals surface area contributed by atoms with Crippen LogP contribution in [-0.4, -0.2) is 41.6 Å². The van der Waals surface area contributed by atoms with Crippen LogP contribution in [0.4, 0.5) is 5.69 Å². The van der Waals surface area contributed by atoms with Gasteiger partial charge < -0.3 is 4.90 Å². The first-order valence-electron chi connectivity index (χ1n) is 11.0. The minimum Gasteiger partial charge on any atom is -0.311 e. The molecular formula is C25H25ClN2O5S2. The zero-order chi connectivity index (χ0) is 25.2. The van der Waals surface area contributed by atoms with Crippen LogP contribution in [0.3, 0.4) is 0 Å². The number of carbonyl (C=O) groups is 1. The molecule has 0 radical (unpaired) electrons. The molecule has 4 rings (SSSR count). The van der Waals surface area contributed by atoms with Crippen LogP contribution in [0.15, 0.2) is 82.6 Å². The summed E-state index contributed by atoms with van der Waals surface area (Å²) in [5.74, 6) is -0.0517. The van der Waals surface area contributed by atoms with Crippen molar-refractivity contribution >= 4 is 43.1 Å². The van der Waals surface area contributed by atoms with Crippen LogP contribution in [0.25, 0.3) is 11.1 Å². The van der Waals surface area contributed by atoms with Crippen LogP contribution >= 0.6 is 11.6 Å². The summed E-state index contributed by atoms with van der Waals surface area (Å²) in [7, 11) is -7.29. The maximum Gasteiger partial charge on any atom is 0.245 e. The number of rotatable bonds is 7. The van der Waals surface area contributed by atoms with Crippen molar-refractivity contribution in [2.45, 2.75) is 34.6 Å². The van der Waals surface area contributed by atoms with E-state index in [0.29, 0.717) is 36.2 Å². The summed E-state index contributed by atoms with van der Waals surface area (Å²) in [4.78, 5) is 15.0. The molecule has 0 spiro atoms. The first-order valence-corrected chi connectivity index (χ1v) is 14.9. The lowest BCUT2D eigenvalue weighted by Gasteiger charge is -2.32. The van der Waals surface area contributed by atoms with Crippen molar-refractivity contribution in [2.24, 2.45) is 0 Å². The second-order valence-corrected chi connectivity index (χ2v) is 12.4. The molecule has 1 saturated heterocycles. The molecule has 1 N–H and O–H groups in total. The molecule has 184 valence electrons. The van der Waals surface area contributed by atoms with Crippen LogP contribution in [0.5, 0.6) is 0 Å². The van der Waals surface area contributed by atoms with E-state index in [4.69, 9.17) is 11.6 Å². The van der Waals surface area contributed by atoms with Gasteiger partial charge in [0.15, 0.2) is 9.84 Å². The topological polar surface area (TPSA) is 101 Å². The Hall–Kier alpha value is -2.72. The highest BCUT2D eigenvalue weighted by Gasteiger charge is 2.33. The Bertz CT molecular complexity index is 1440. The summed E-state index contributed by atoms with van der Waals surface area (Å²) in [6.45, 7) is 0.459. The molecule has 3 aromatic rings. The van der Waals surface area contributed by atoms with E-state index >= 15 is 0 Å². The second kappa shape index (κ2) is 10.1. The molecule has 0 bridgehead atoms. The van der Waals surface area contributed by atoms with E-state index in [9.17, 15) is 21.6 Å². The van der Waals surface area contributed by atoms with Crippen molar-refractivity contribution in [3.05, 3.63) is 78.4 Å². The molecule has 1 atom stereocenters. The predicted molar refractivity (Wildman–Crippen MR) is 137 cm³/mol. The number of sulfonamides is 1. The van der Waals surface area contributed by atoms with Crippen LogP contribution in [0, 0.1) is 0 Å². The summed E-state index contributed by atoms with van der Waals surface area (Å²) in [5.41, 5.74) is 2.70. The fraction of sp³-hybridized carbons (Fsp3) is 0.240. The van der Waals surface area contributed by atoms with Crippen LogP contribution in [0.2, 0.25) is 0 Å². The Morgan fingerprint density at radius 2 is 1.60 bits per heavy atom. The van der Waals surface area contributed by atoms with Crippen molar-refractivity contribution in [1.29, 1.82) is 0 Å². The summed E-state index contributed by atoms with van der Waals surface area (Å²) in [6, 6.07) is 19.1. The number of carbonyl (C=O) groups excluding carboxylic acids is 1. The standard InChI is InChI=1S/C25H25ClN2O5S2/c1-34(30,31)24-7-3-2-5-22(24)19-10-12-20(13-11-19)28-16-4-6-23(25(28)29)27-35(32,33)21-14-8-18(17-26)9-15-21/h2-3,5,7-15,23,27H,4,6,16-17H2,1H3. The highest BCUT2D eigenvalue weighted by molar-refractivity contribution is 7.91. The molecule has 1 unspecified atom stereocenters. The number of nitrogens with zero attached hydrogens (tertiary/aromatic N) is 1. The van der Waals surface area contributed by atoms with Crippen molar-refractivity contribution in [2.75, 3.05) is 17.7 Å². The highest BCUT2D eigenvalue weighted by Crippen LogP contribution is 2.30. The zero-order valence-corrected chi connectivity index (χ0v) is 21.4. The van der Waals surface area contributed by atoms with Gasteiger partial charge in [0.2, 0.25) is 15.9 Å². The number of halogens is 1. The predicted octanol–water partition coefficient (Wildman–Crippen LogP) is 3.97. The fourth-order valence-corrected chi connectivity index (χ4v) is 6.42. The average molecular weight is 533 g/mol. The van der Waals surface area contributed by atoms with Gasteiger partial charge in [-0.1, -0.05) is 42.5 Å². The van der Waals surface area contributed by atoms with E-state index in [2.05, 4.69) is 4.72 Å². The number of nitrogens with one attached hydrogen (secondary N) is 1. The number of sulfone groups is 1. The molecule has 3 aromatic carbocycles. The van der Waals surface area contributed by atoms with Crippen molar-refractivity contribution in [3.8, 4) is 11.1 Å². The maximum absolute atomic E-state index is 13.2. The zero-order valence-electron chi connectivity index (χ0n) is 19.0. The smallest absolute Gasteiger partial charge is 0.245 e. The van der Waals surface area contributed by atoms with Gasteiger partial charge in [-0.2, -0.15) is 4.72 Å².